The van der Waals surface area contributed by atoms with E-state index < -0.39 is 24.1 Å². The normalized spacial score (nSPS) is 30.7. The van der Waals surface area contributed by atoms with Gasteiger partial charge in [0.05, 0.1) is 18.2 Å². The van der Waals surface area contributed by atoms with Crippen LogP contribution >= 0.6 is 0 Å². The first-order valence-electron chi connectivity index (χ1n) is 11.6. The van der Waals surface area contributed by atoms with Crippen LogP contribution in [-0.4, -0.2) is 53.3 Å². The Morgan fingerprint density at radius 1 is 1.22 bits per heavy atom. The van der Waals surface area contributed by atoms with Crippen molar-refractivity contribution < 1.29 is 27.1 Å². The number of carbonyl (C=O) groups excluding carboxylic acids is 1. The van der Waals surface area contributed by atoms with Gasteiger partial charge in [0, 0.05) is 31.5 Å². The molecule has 1 amide bonds. The van der Waals surface area contributed by atoms with Gasteiger partial charge in [-0.25, -0.2) is 4.39 Å². The number of benzene rings is 1. The van der Waals surface area contributed by atoms with E-state index >= 15 is 0 Å². The number of amides is 1. The van der Waals surface area contributed by atoms with E-state index in [4.69, 9.17) is 4.74 Å². The van der Waals surface area contributed by atoms with Crippen molar-refractivity contribution in [3.05, 3.63) is 35.4 Å². The third-order valence-electron chi connectivity index (χ3n) is 7.57. The molecule has 0 radical (unpaired) electrons. The van der Waals surface area contributed by atoms with Gasteiger partial charge in [-0.1, -0.05) is 26.0 Å². The second-order valence-corrected chi connectivity index (χ2v) is 9.75. The highest BCUT2D eigenvalue weighted by Crippen LogP contribution is 2.51. The van der Waals surface area contributed by atoms with Crippen molar-refractivity contribution in [3.8, 4) is 0 Å². The Labute approximate surface area is 186 Å². The molecule has 1 aliphatic carbocycles. The molecule has 2 heterocycles. The smallest absolute Gasteiger partial charge is 0.353 e. The molecular formula is C24H32F4N2O2. The molecule has 1 aromatic rings. The van der Waals surface area contributed by atoms with Crippen molar-refractivity contribution in [2.45, 2.75) is 76.5 Å². The minimum absolute atomic E-state index is 0.0935. The lowest BCUT2D eigenvalue weighted by Crippen LogP contribution is -2.63. The number of hydrogen-bond acceptors (Lipinski definition) is 3. The lowest BCUT2D eigenvalue weighted by atomic mass is 9.72. The van der Waals surface area contributed by atoms with Crippen molar-refractivity contribution >= 4 is 5.91 Å². The van der Waals surface area contributed by atoms with Crippen molar-refractivity contribution in [1.29, 1.82) is 0 Å². The van der Waals surface area contributed by atoms with E-state index in [1.54, 1.807) is 0 Å². The van der Waals surface area contributed by atoms with Gasteiger partial charge in [0.25, 0.3) is 0 Å². The molecule has 2 aliphatic heterocycles. The molecule has 32 heavy (non-hydrogen) atoms. The zero-order valence-corrected chi connectivity index (χ0v) is 18.7. The van der Waals surface area contributed by atoms with Crippen LogP contribution in [0.4, 0.5) is 17.6 Å². The van der Waals surface area contributed by atoms with Gasteiger partial charge in [-0.3, -0.25) is 9.69 Å². The van der Waals surface area contributed by atoms with Gasteiger partial charge >= 0.3 is 6.18 Å². The highest BCUT2D eigenvalue weighted by molar-refractivity contribution is 5.78. The summed E-state index contributed by atoms with van der Waals surface area (Å²) in [5.41, 5.74) is -0.483. The molecule has 0 aromatic heterocycles. The predicted molar refractivity (Wildman–Crippen MR) is 112 cm³/mol. The fraction of sp³-hybridized carbons (Fsp3) is 0.708. The first kappa shape index (κ1) is 23.5. The van der Waals surface area contributed by atoms with Gasteiger partial charge < -0.3 is 9.64 Å². The van der Waals surface area contributed by atoms with Gasteiger partial charge in [0.2, 0.25) is 5.91 Å². The number of carbonyl (C=O) groups is 1. The average molecular weight is 457 g/mol. The molecule has 0 N–H and O–H groups in total. The molecule has 1 spiro atoms. The molecule has 4 nitrogen and oxygen atoms in total. The van der Waals surface area contributed by atoms with E-state index in [1.165, 1.54) is 12.1 Å². The summed E-state index contributed by atoms with van der Waals surface area (Å²) in [5.74, 6) is 0.677. The monoisotopic (exact) mass is 456 g/mol. The number of ether oxygens (including phenoxy) is 1. The van der Waals surface area contributed by atoms with E-state index in [1.807, 2.05) is 9.80 Å². The van der Waals surface area contributed by atoms with E-state index in [9.17, 15) is 22.4 Å². The van der Waals surface area contributed by atoms with Crippen LogP contribution in [-0.2, 0) is 22.3 Å². The molecule has 2 saturated heterocycles. The third-order valence-corrected chi connectivity index (χ3v) is 7.57. The lowest BCUT2D eigenvalue weighted by molar-refractivity contribution is -0.191. The van der Waals surface area contributed by atoms with Crippen LogP contribution in [0.25, 0.3) is 0 Å². The molecule has 1 aromatic carbocycles. The Bertz CT molecular complexity index is 813. The van der Waals surface area contributed by atoms with Crippen molar-refractivity contribution in [2.75, 3.05) is 19.8 Å². The van der Waals surface area contributed by atoms with Crippen LogP contribution in [0.5, 0.6) is 0 Å². The van der Waals surface area contributed by atoms with E-state index in [2.05, 4.69) is 13.8 Å². The lowest BCUT2D eigenvalue weighted by Gasteiger charge is -2.53. The molecular weight excluding hydrogens is 424 g/mol. The summed E-state index contributed by atoms with van der Waals surface area (Å²) in [6, 6.07) is 5.33. The number of rotatable bonds is 6. The number of nitrogens with zero attached hydrogens (tertiary/aromatic N) is 2. The highest BCUT2D eigenvalue weighted by Gasteiger charge is 2.59. The van der Waals surface area contributed by atoms with Crippen LogP contribution < -0.4 is 0 Å². The fourth-order valence-corrected chi connectivity index (χ4v) is 5.88. The molecule has 0 bridgehead atoms. The number of hydrogen-bond donors (Lipinski definition) is 0. The molecule has 4 rings (SSSR count). The van der Waals surface area contributed by atoms with Gasteiger partial charge in [-0.15, -0.1) is 0 Å². The maximum absolute atomic E-state index is 13.4. The van der Waals surface area contributed by atoms with Gasteiger partial charge in [0.1, 0.15) is 12.4 Å². The van der Waals surface area contributed by atoms with E-state index in [0.29, 0.717) is 31.9 Å². The first-order valence-corrected chi connectivity index (χ1v) is 11.6. The van der Waals surface area contributed by atoms with Crippen LogP contribution in [0.3, 0.4) is 0 Å². The molecule has 8 heteroatoms. The largest absolute Gasteiger partial charge is 0.416 e. The highest BCUT2D eigenvalue weighted by atomic mass is 19.4. The summed E-state index contributed by atoms with van der Waals surface area (Å²) in [5, 5.41) is 0. The molecule has 0 unspecified atom stereocenters. The summed E-state index contributed by atoms with van der Waals surface area (Å²) in [6.07, 6.45) is -0.809. The third kappa shape index (κ3) is 4.28. The molecule has 4 atom stereocenters. The fourth-order valence-electron chi connectivity index (χ4n) is 5.88. The van der Waals surface area contributed by atoms with Crippen LogP contribution in [0, 0.1) is 11.8 Å². The summed E-state index contributed by atoms with van der Waals surface area (Å²) >= 11 is 0. The van der Waals surface area contributed by atoms with Crippen molar-refractivity contribution in [3.63, 3.8) is 0 Å². The zero-order chi connectivity index (χ0) is 23.1. The Morgan fingerprint density at radius 2 is 1.94 bits per heavy atom. The minimum Gasteiger partial charge on any atom is -0.353 e. The topological polar surface area (TPSA) is 32.8 Å². The average Bonchev–Trinajstić information content (AvgIpc) is 3.14. The quantitative estimate of drug-likeness (QED) is 0.564. The van der Waals surface area contributed by atoms with Crippen molar-refractivity contribution in [1.82, 2.24) is 9.80 Å². The predicted octanol–water partition coefficient (Wildman–Crippen LogP) is 5.02. The Kier molecular flexibility index (Phi) is 6.56. The van der Waals surface area contributed by atoms with Crippen LogP contribution in [0.1, 0.15) is 57.1 Å². The Morgan fingerprint density at radius 3 is 2.56 bits per heavy atom. The summed E-state index contributed by atoms with van der Waals surface area (Å²) in [4.78, 5) is 16.9. The maximum Gasteiger partial charge on any atom is 0.416 e. The van der Waals surface area contributed by atoms with Gasteiger partial charge in [-0.05, 0) is 49.3 Å². The summed E-state index contributed by atoms with van der Waals surface area (Å²) < 4.78 is 58.3. The van der Waals surface area contributed by atoms with E-state index in [0.717, 1.165) is 37.0 Å². The van der Waals surface area contributed by atoms with E-state index in [-0.39, 0.29) is 30.5 Å². The number of halogens is 4. The zero-order valence-electron chi connectivity index (χ0n) is 18.7. The minimum atomic E-state index is -4.37. The van der Waals surface area contributed by atoms with Gasteiger partial charge in [0.15, 0.2) is 0 Å². The van der Waals surface area contributed by atoms with Gasteiger partial charge in [-0.2, -0.15) is 13.2 Å². The van der Waals surface area contributed by atoms with Crippen molar-refractivity contribution in [2.24, 2.45) is 11.8 Å². The summed E-state index contributed by atoms with van der Waals surface area (Å²) in [6.45, 7) is 4.92. The molecule has 3 fully saturated rings. The second kappa shape index (κ2) is 8.93. The van der Waals surface area contributed by atoms with Crippen LogP contribution in [0.2, 0.25) is 0 Å². The maximum atomic E-state index is 13.4. The van der Waals surface area contributed by atoms with Crippen LogP contribution in [0.15, 0.2) is 24.3 Å². The number of piperidine rings is 1. The SMILES string of the molecule is CC(C)[C@H]1CO[C@]23CC[C@H](N(CCF)Cc4ccc(C(F)(F)F)cc4)C[C@H]2CCC(=O)N13. The second-order valence-electron chi connectivity index (χ2n) is 9.75. The summed E-state index contributed by atoms with van der Waals surface area (Å²) in [7, 11) is 0. The number of alkyl halides is 4. The molecule has 3 aliphatic rings. The Hall–Kier alpha value is -1.67. The molecule has 178 valence electrons. The molecule has 1 saturated carbocycles. The standard InChI is InChI=1S/C24H32F4N2O2/c1-16(2)21-15-32-23-10-9-20(13-19(23)7-8-22(31)30(21)23)29(12-11-25)14-17-3-5-18(6-4-17)24(26,27)28/h3-6,16,19-21H,7-15H2,1-2H3/t19-,20+,21-,23-/m1/s1. The first-order chi connectivity index (χ1) is 15.2. The Balaban J connectivity index is 1.49.